The lowest BCUT2D eigenvalue weighted by Gasteiger charge is -2.52. The van der Waals surface area contributed by atoms with E-state index in [-0.39, 0.29) is 0 Å². The molecule has 12 rings (SSSR count). The fourth-order valence-electron chi connectivity index (χ4n) is 18.4. The summed E-state index contributed by atoms with van der Waals surface area (Å²) in [6, 6.07) is -8.12. The number of hydrogen-bond acceptors (Lipinski definition) is 57. The zero-order chi connectivity index (χ0) is 103. The van der Waals surface area contributed by atoms with Crippen molar-refractivity contribution in [2.45, 2.75) is 411 Å². The highest BCUT2D eigenvalue weighted by Crippen LogP contribution is 2.44. The van der Waals surface area contributed by atoms with Crippen LogP contribution in [0.1, 0.15) is 48.5 Å². The number of carbonyl (C=O) groups is 4. The van der Waals surface area contributed by atoms with Crippen LogP contribution in [0.3, 0.4) is 0 Å². The molecule has 61 nitrogen and oxygen atoms in total. The summed E-state index contributed by atoms with van der Waals surface area (Å²) in [5, 5.41) is 350. The lowest BCUT2D eigenvalue weighted by molar-refractivity contribution is -0.413. The Hall–Kier alpha value is -4.24. The fraction of sp³-hybridized carbons (Fsp3) is 0.949. The molecule has 0 unspecified atom stereocenters. The van der Waals surface area contributed by atoms with Crippen LogP contribution in [-0.2, 0) is 128 Å². The minimum Gasteiger partial charge on any atom is -0.394 e. The normalized spacial score (nSPS) is 51.0. The van der Waals surface area contributed by atoms with Gasteiger partial charge in [-0.1, -0.05) is 0 Å². The molecule has 12 aliphatic heterocycles. The largest absolute Gasteiger partial charge is 0.394 e. The minimum atomic E-state index is -2.69. The van der Waals surface area contributed by atoms with E-state index in [0.717, 1.165) is 27.7 Å². The molecule has 810 valence electrons. The Bertz CT molecular complexity index is 3880. The van der Waals surface area contributed by atoms with E-state index >= 15 is 0 Å². The van der Waals surface area contributed by atoms with Crippen LogP contribution in [0, 0.1) is 0 Å². The predicted molar refractivity (Wildman–Crippen MR) is 431 cm³/mol. The van der Waals surface area contributed by atoms with Gasteiger partial charge >= 0.3 is 0 Å². The summed E-state index contributed by atoms with van der Waals surface area (Å²) < 4.78 is 141. The molecule has 12 saturated heterocycles. The highest BCUT2D eigenvalue weighted by Gasteiger charge is 2.64. The molecule has 4 amide bonds. The number of aliphatic hydroxyl groups excluding tert-OH is 30. The van der Waals surface area contributed by atoms with Crippen molar-refractivity contribution in [3.63, 3.8) is 0 Å². The zero-order valence-electron chi connectivity index (χ0n) is 75.9. The van der Waals surface area contributed by atoms with Gasteiger partial charge < -0.3 is 283 Å². The summed E-state index contributed by atoms with van der Waals surface area (Å²) in [4.78, 5) is 53.5. The number of rotatable bonds is 34. The Labute approximate surface area is 793 Å². The fourth-order valence-corrected chi connectivity index (χ4v) is 18.4. The molecule has 0 saturated carbocycles. The van der Waals surface area contributed by atoms with Gasteiger partial charge in [-0.2, -0.15) is 0 Å². The first kappa shape index (κ1) is 114. The third-order valence-corrected chi connectivity index (χ3v) is 26.2. The van der Waals surface area contributed by atoms with Gasteiger partial charge in [0.2, 0.25) is 23.6 Å². The van der Waals surface area contributed by atoms with Gasteiger partial charge in [0.15, 0.2) is 75.5 Å². The van der Waals surface area contributed by atoms with Crippen molar-refractivity contribution < 1.29 is 281 Å². The molecule has 0 bridgehead atoms. The number of hydrogen-bond donors (Lipinski definition) is 34. The number of ether oxygens (including phenoxy) is 23. The Balaban J connectivity index is 0.954. The Morgan fingerprint density at radius 1 is 0.229 bits per heavy atom. The van der Waals surface area contributed by atoms with Crippen LogP contribution in [0.4, 0.5) is 0 Å². The number of amides is 4. The van der Waals surface area contributed by atoms with Crippen molar-refractivity contribution in [1.82, 2.24) is 21.3 Å². The molecule has 12 heterocycles. The van der Waals surface area contributed by atoms with Gasteiger partial charge in [-0.05, 0) is 20.8 Å². The van der Waals surface area contributed by atoms with Crippen LogP contribution in [0.2, 0.25) is 0 Å². The quantitative estimate of drug-likeness (QED) is 0.0284. The van der Waals surface area contributed by atoms with Gasteiger partial charge in [0, 0.05) is 27.7 Å². The monoisotopic (exact) mass is 2050 g/mol. The molecule has 12 aliphatic rings. The third-order valence-electron chi connectivity index (χ3n) is 26.2. The molecule has 0 aliphatic carbocycles. The Morgan fingerprint density at radius 3 is 0.936 bits per heavy atom. The van der Waals surface area contributed by atoms with E-state index in [1.165, 1.54) is 20.8 Å². The summed E-state index contributed by atoms with van der Waals surface area (Å²) in [6.07, 6.45) is -118. The van der Waals surface area contributed by atoms with Crippen molar-refractivity contribution in [3.05, 3.63) is 0 Å². The van der Waals surface area contributed by atoms with Crippen molar-refractivity contribution >= 4 is 23.6 Å². The highest BCUT2D eigenvalue weighted by molar-refractivity contribution is 5.74. The van der Waals surface area contributed by atoms with Crippen molar-refractivity contribution in [2.75, 3.05) is 59.5 Å². The Kier molecular flexibility index (Phi) is 40.5. The van der Waals surface area contributed by atoms with Gasteiger partial charge in [-0.3, -0.25) is 19.2 Å². The van der Waals surface area contributed by atoms with Gasteiger partial charge in [-0.25, -0.2) is 0 Å². The SMILES string of the molecule is CC(=O)N[C@@H]1[C@@H](O[C@@H]2O[C@@H](C)[C@@H](O)[C@@H](O)[C@@H]2O)[C@H](O[C@@H]2O[C@H](CO)[C@@H](O[C@@H]3O[C@H](CO[C@H]4O[C@H](CO)[C@@H](O)[C@H](O)[C@@H]4O[C@@H]4O[C@H](CO)[C@@H](O[C@@H]5O[C@@H](C)[C@@H](O)[C@@H](O)[C@@H]5O)[C@H](O[C@@H]5O[C@H](CO)[C@H](O)[C@H](O)[C@H]5O)[C@H]4NC(C)=O)[C@@H](O)[C@H](O[C@H]4O[C@H](CO)[C@@H](O)[C@H](O)[C@@H]4O[C@@H]4O[C@H](CO)[C@@H](O[C@@H]5O[C@@H](C)[C@@H](O)[C@@H](O)[C@@H]5O)[C@H](O)[C@H]4NC(C)=O)[C@@H]3O[C@@H]3OC[C@@H](O)[C@H](O)[C@H]3O)[C@H](O)[C@H]2NC(C)=O)[C@@H](CO)O[C@H]1O. The standard InChI is InChI=1S/C79H132N4O57/c1-17-37(96)47(106)54(113)73(120-17)131-58-28(11-87)128-70(34(45(58)104)81-21(5)92)139-66-52(111)43(102)27(10-86)126-78(66)137-64-44(103)32(16-119-77-65(51(110)42(101)26(9-85)125-77)138-71-36(83-23(7)94)63(136-76-57(116)50(109)41(100)25(8-84)124-76)61(31(14-90)129-71)134-74-55(114)48(107)38(97)18(2)121-74)130-79(67(64)140-72-53(112)40(99)24(95)15-118-72)132-59-29(12-88)127-69(33(46(59)105)80-20(4)91)133-60-30(13-89)123-68(117)35(82-22(6)93)62(60)135-75-56(115)49(108)39(98)19(3)122-75/h17-19,24-79,84-90,95-117H,8-16H2,1-7H3,(H,80,91)(H,81,92)(H,82,93)(H,83,94)/t17-,18-,19-,24+,25+,26+,27+,28+,29+,30+,31+,32+,33+,34+,35+,36+,37+,38+,39+,40-,41-,42+,43+,44+,45+,46+,47+,48+,49+,50-,51-,52-,53+,54-,55-,56-,57+,58+,59+,60+,61+,62+,63+,64-,65-,66-,67-,68+,69-,70-,71-,72-,73-,74-,75-,76-,77-,78+,79-/m0/s1. The second-order valence-electron chi connectivity index (χ2n) is 36.1. The first-order valence-electron chi connectivity index (χ1n) is 45.1. The highest BCUT2D eigenvalue weighted by atomic mass is 16.8. The molecule has 0 aromatic carbocycles. The predicted octanol–water partition coefficient (Wildman–Crippen LogP) is -22.9. The van der Waals surface area contributed by atoms with Gasteiger partial charge in [0.05, 0.1) is 77.8 Å². The molecule has 12 fully saturated rings. The van der Waals surface area contributed by atoms with Crippen LogP contribution in [-0.4, -0.2) is 598 Å². The van der Waals surface area contributed by atoms with Crippen LogP contribution in [0.5, 0.6) is 0 Å². The smallest absolute Gasteiger partial charge is 0.217 e. The van der Waals surface area contributed by atoms with E-state index in [1.54, 1.807) is 0 Å². The average Bonchev–Trinajstić information content (AvgIpc) is 0.760. The van der Waals surface area contributed by atoms with Crippen LogP contribution >= 0.6 is 0 Å². The Morgan fingerprint density at radius 2 is 0.507 bits per heavy atom. The summed E-state index contributed by atoms with van der Waals surface area (Å²) in [5.74, 6) is -4.02. The first-order valence-corrected chi connectivity index (χ1v) is 45.1. The zero-order valence-corrected chi connectivity index (χ0v) is 75.9. The molecule has 0 radical (unpaired) electrons. The maximum absolute atomic E-state index is 13.7. The van der Waals surface area contributed by atoms with Gasteiger partial charge in [-0.15, -0.1) is 0 Å². The molecule has 34 N–H and O–H groups in total. The van der Waals surface area contributed by atoms with Gasteiger partial charge in [0.25, 0.3) is 0 Å². The second-order valence-corrected chi connectivity index (χ2v) is 36.1. The summed E-state index contributed by atoms with van der Waals surface area (Å²) >= 11 is 0. The lowest BCUT2D eigenvalue weighted by Crippen LogP contribution is -2.72. The molecule has 0 aromatic rings. The van der Waals surface area contributed by atoms with Crippen molar-refractivity contribution in [3.8, 4) is 0 Å². The van der Waals surface area contributed by atoms with E-state index in [4.69, 9.17) is 109 Å². The van der Waals surface area contributed by atoms with Crippen molar-refractivity contribution in [1.29, 1.82) is 0 Å². The molecule has 0 aromatic heterocycles. The molecule has 0 spiro atoms. The third kappa shape index (κ3) is 24.9. The average molecular weight is 2050 g/mol. The number of carbonyl (C=O) groups excluding carboxylic acids is 4. The first-order chi connectivity index (χ1) is 66.1. The molecule has 61 heteroatoms. The van der Waals surface area contributed by atoms with E-state index in [1.807, 2.05) is 0 Å². The van der Waals surface area contributed by atoms with Crippen LogP contribution in [0.15, 0.2) is 0 Å². The van der Waals surface area contributed by atoms with Gasteiger partial charge in [0.1, 0.15) is 268 Å². The van der Waals surface area contributed by atoms with E-state index in [2.05, 4.69) is 21.3 Å². The van der Waals surface area contributed by atoms with Crippen LogP contribution < -0.4 is 21.3 Å². The molecule has 59 atom stereocenters. The second kappa shape index (κ2) is 49.5. The topological polar surface area (TPSA) is 936 Å². The van der Waals surface area contributed by atoms with E-state index < -0.39 is 445 Å². The van der Waals surface area contributed by atoms with Crippen molar-refractivity contribution in [2.24, 2.45) is 0 Å². The van der Waals surface area contributed by atoms with E-state index in [0.29, 0.717) is 0 Å². The molecular weight excluding hydrogens is 1920 g/mol. The molecule has 140 heavy (non-hydrogen) atoms. The summed E-state index contributed by atoms with van der Waals surface area (Å²) in [5.41, 5.74) is 0. The maximum atomic E-state index is 13.7. The van der Waals surface area contributed by atoms with E-state index in [9.17, 15) is 172 Å². The number of aliphatic hydroxyl groups is 30. The molecular formula is C79H132N4O57. The maximum Gasteiger partial charge on any atom is 0.217 e. The summed E-state index contributed by atoms with van der Waals surface area (Å²) in [6.45, 7) is -3.50. The lowest BCUT2D eigenvalue weighted by atomic mass is 9.93. The van der Waals surface area contributed by atoms with Crippen LogP contribution in [0.25, 0.3) is 0 Å². The number of nitrogens with one attached hydrogen (secondary N) is 4. The minimum absolute atomic E-state index is 0.884. The summed E-state index contributed by atoms with van der Waals surface area (Å²) in [7, 11) is 0.